The van der Waals surface area contributed by atoms with Gasteiger partial charge in [0, 0.05) is 52.7 Å². The van der Waals surface area contributed by atoms with E-state index < -0.39 is 5.60 Å². The van der Waals surface area contributed by atoms with Crippen LogP contribution in [0, 0.1) is 0 Å². The Labute approximate surface area is 153 Å². The molecule has 0 aromatic carbocycles. The zero-order valence-corrected chi connectivity index (χ0v) is 15.5. The fraction of sp³-hybridized carbons (Fsp3) is 0.667. The molecule has 8 nitrogen and oxygen atoms in total. The van der Waals surface area contributed by atoms with Gasteiger partial charge in [-0.25, -0.2) is 4.79 Å². The minimum Gasteiger partial charge on any atom is -0.472 e. The molecule has 0 bridgehead atoms. The molecule has 3 rings (SSSR count). The van der Waals surface area contributed by atoms with Crippen LogP contribution in [-0.2, 0) is 9.47 Å². The van der Waals surface area contributed by atoms with E-state index in [1.165, 1.54) is 12.5 Å². The zero-order chi connectivity index (χ0) is 18.6. The molecule has 1 spiro atoms. The SMILES string of the molecule is COCCN(C)CCN1CC2(CCN(C(=O)c3ccoc3)CC2)OC1=O. The quantitative estimate of drug-likeness (QED) is 0.725. The lowest BCUT2D eigenvalue weighted by Gasteiger charge is -2.37. The number of carbonyl (C=O) groups excluding carboxylic acids is 2. The minimum atomic E-state index is -0.463. The number of amides is 2. The summed E-state index contributed by atoms with van der Waals surface area (Å²) in [5, 5.41) is 0. The molecule has 2 aliphatic rings. The standard InChI is InChI=1S/C18H27N3O5/c1-19(10-12-24-2)8-9-21-14-18(26-17(21)23)4-6-20(7-5-18)16(22)15-3-11-25-13-15/h3,11,13H,4-10,12,14H2,1-2H3. The van der Waals surface area contributed by atoms with Crippen LogP contribution < -0.4 is 0 Å². The molecule has 144 valence electrons. The van der Waals surface area contributed by atoms with Crippen LogP contribution in [0.25, 0.3) is 0 Å². The van der Waals surface area contributed by atoms with Crippen molar-refractivity contribution in [1.82, 2.24) is 14.7 Å². The van der Waals surface area contributed by atoms with Gasteiger partial charge in [-0.05, 0) is 13.1 Å². The van der Waals surface area contributed by atoms with Gasteiger partial charge in [0.2, 0.25) is 0 Å². The molecular formula is C18H27N3O5. The van der Waals surface area contributed by atoms with Gasteiger partial charge < -0.3 is 28.6 Å². The smallest absolute Gasteiger partial charge is 0.410 e. The van der Waals surface area contributed by atoms with Gasteiger partial charge >= 0.3 is 6.09 Å². The third-order valence-electron chi connectivity index (χ3n) is 5.20. The number of likely N-dealkylation sites (N-methyl/N-ethyl adjacent to an activating group) is 1. The molecular weight excluding hydrogens is 338 g/mol. The van der Waals surface area contributed by atoms with E-state index in [2.05, 4.69) is 4.90 Å². The minimum absolute atomic E-state index is 0.0328. The largest absolute Gasteiger partial charge is 0.472 e. The van der Waals surface area contributed by atoms with Gasteiger partial charge in [0.05, 0.1) is 25.0 Å². The maximum absolute atomic E-state index is 12.4. The van der Waals surface area contributed by atoms with Crippen LogP contribution in [-0.4, -0.2) is 92.3 Å². The first-order valence-electron chi connectivity index (χ1n) is 9.00. The van der Waals surface area contributed by atoms with Crippen molar-refractivity contribution in [3.05, 3.63) is 24.2 Å². The van der Waals surface area contributed by atoms with Crippen molar-refractivity contribution in [3.63, 3.8) is 0 Å². The molecule has 0 unspecified atom stereocenters. The normalized spacial score (nSPS) is 19.4. The van der Waals surface area contributed by atoms with Crippen LogP contribution in [0.5, 0.6) is 0 Å². The Morgan fingerprint density at radius 1 is 1.35 bits per heavy atom. The fourth-order valence-electron chi connectivity index (χ4n) is 3.46. The number of rotatable bonds is 7. The Hall–Kier alpha value is -2.06. The number of methoxy groups -OCH3 is 1. The van der Waals surface area contributed by atoms with Crippen molar-refractivity contribution in [2.45, 2.75) is 18.4 Å². The summed E-state index contributed by atoms with van der Waals surface area (Å²) in [6.45, 7) is 4.68. The molecule has 2 saturated heterocycles. The second-order valence-electron chi connectivity index (χ2n) is 7.07. The van der Waals surface area contributed by atoms with E-state index in [4.69, 9.17) is 13.9 Å². The van der Waals surface area contributed by atoms with Gasteiger partial charge in [0.15, 0.2) is 0 Å². The Balaban J connectivity index is 1.48. The topological polar surface area (TPSA) is 75.5 Å². The highest BCUT2D eigenvalue weighted by atomic mass is 16.6. The molecule has 26 heavy (non-hydrogen) atoms. The number of furan rings is 1. The Morgan fingerprint density at radius 2 is 2.12 bits per heavy atom. The maximum Gasteiger partial charge on any atom is 0.410 e. The van der Waals surface area contributed by atoms with Gasteiger partial charge in [-0.2, -0.15) is 0 Å². The van der Waals surface area contributed by atoms with Crippen molar-refractivity contribution < 1.29 is 23.5 Å². The molecule has 2 amide bonds. The number of piperidine rings is 1. The van der Waals surface area contributed by atoms with Crippen molar-refractivity contribution >= 4 is 12.0 Å². The lowest BCUT2D eigenvalue weighted by Crippen LogP contribution is -2.49. The zero-order valence-electron chi connectivity index (χ0n) is 15.5. The number of ether oxygens (including phenoxy) is 2. The molecule has 2 aliphatic heterocycles. The van der Waals surface area contributed by atoms with Crippen molar-refractivity contribution in [2.75, 3.05) is 60.0 Å². The highest BCUT2D eigenvalue weighted by molar-refractivity contribution is 5.93. The van der Waals surface area contributed by atoms with Crippen LogP contribution in [0.15, 0.2) is 23.0 Å². The number of nitrogens with zero attached hydrogens (tertiary/aromatic N) is 3. The average Bonchev–Trinajstić information content (AvgIpc) is 3.27. The van der Waals surface area contributed by atoms with Gasteiger partial charge in [0.25, 0.3) is 5.91 Å². The molecule has 1 aromatic rings. The third kappa shape index (κ3) is 4.19. The molecule has 1 aromatic heterocycles. The fourth-order valence-corrected chi connectivity index (χ4v) is 3.46. The summed E-state index contributed by atoms with van der Waals surface area (Å²) >= 11 is 0. The van der Waals surface area contributed by atoms with Gasteiger partial charge in [-0.3, -0.25) is 4.79 Å². The van der Waals surface area contributed by atoms with E-state index in [1.54, 1.807) is 23.0 Å². The summed E-state index contributed by atoms with van der Waals surface area (Å²) in [6.07, 6.45) is 4.04. The van der Waals surface area contributed by atoms with E-state index in [-0.39, 0.29) is 12.0 Å². The first-order chi connectivity index (χ1) is 12.5. The molecule has 0 aliphatic carbocycles. The van der Waals surface area contributed by atoms with Gasteiger partial charge in [0.1, 0.15) is 11.9 Å². The maximum atomic E-state index is 12.4. The van der Waals surface area contributed by atoms with Crippen molar-refractivity contribution in [3.8, 4) is 0 Å². The molecule has 8 heteroatoms. The molecule has 2 fully saturated rings. The lowest BCUT2D eigenvalue weighted by atomic mass is 9.91. The monoisotopic (exact) mass is 365 g/mol. The Bertz CT molecular complexity index is 610. The predicted octanol–water partition coefficient (Wildman–Crippen LogP) is 1.28. The number of hydrogen-bond donors (Lipinski definition) is 0. The van der Waals surface area contributed by atoms with E-state index in [0.717, 1.165) is 13.1 Å². The summed E-state index contributed by atoms with van der Waals surface area (Å²) in [4.78, 5) is 30.3. The summed E-state index contributed by atoms with van der Waals surface area (Å²) in [5.41, 5.74) is 0.0973. The second kappa shape index (κ2) is 8.09. The molecule has 0 atom stereocenters. The van der Waals surface area contributed by atoms with E-state index in [1.807, 2.05) is 7.05 Å². The van der Waals surface area contributed by atoms with Crippen LogP contribution in [0.4, 0.5) is 4.79 Å². The Kier molecular flexibility index (Phi) is 5.83. The Morgan fingerprint density at radius 3 is 2.77 bits per heavy atom. The number of hydrogen-bond acceptors (Lipinski definition) is 6. The average molecular weight is 365 g/mol. The van der Waals surface area contributed by atoms with Gasteiger partial charge in [-0.1, -0.05) is 0 Å². The van der Waals surface area contributed by atoms with E-state index in [0.29, 0.717) is 51.2 Å². The molecule has 0 N–H and O–H groups in total. The summed E-state index contributed by atoms with van der Waals surface area (Å²) in [7, 11) is 3.69. The number of likely N-dealkylation sites (tertiary alicyclic amines) is 1. The summed E-state index contributed by atoms with van der Waals surface area (Å²) in [5.74, 6) is -0.0328. The predicted molar refractivity (Wildman–Crippen MR) is 94.0 cm³/mol. The summed E-state index contributed by atoms with van der Waals surface area (Å²) < 4.78 is 15.8. The highest BCUT2D eigenvalue weighted by Gasteiger charge is 2.47. The molecule has 0 saturated carbocycles. The lowest BCUT2D eigenvalue weighted by molar-refractivity contribution is 0.00311. The second-order valence-corrected chi connectivity index (χ2v) is 7.07. The molecule has 0 radical (unpaired) electrons. The highest BCUT2D eigenvalue weighted by Crippen LogP contribution is 2.33. The third-order valence-corrected chi connectivity index (χ3v) is 5.20. The van der Waals surface area contributed by atoms with Crippen molar-refractivity contribution in [1.29, 1.82) is 0 Å². The van der Waals surface area contributed by atoms with Crippen LogP contribution in [0.1, 0.15) is 23.2 Å². The van der Waals surface area contributed by atoms with Crippen LogP contribution in [0.2, 0.25) is 0 Å². The number of carbonyl (C=O) groups is 2. The van der Waals surface area contributed by atoms with Crippen LogP contribution in [0.3, 0.4) is 0 Å². The van der Waals surface area contributed by atoms with Crippen molar-refractivity contribution in [2.24, 2.45) is 0 Å². The first kappa shape index (κ1) is 18.7. The first-order valence-corrected chi connectivity index (χ1v) is 9.00. The van der Waals surface area contributed by atoms with E-state index >= 15 is 0 Å². The van der Waals surface area contributed by atoms with E-state index in [9.17, 15) is 9.59 Å². The van der Waals surface area contributed by atoms with Crippen LogP contribution >= 0.6 is 0 Å². The van der Waals surface area contributed by atoms with Gasteiger partial charge in [-0.15, -0.1) is 0 Å². The molecule has 3 heterocycles. The summed E-state index contributed by atoms with van der Waals surface area (Å²) in [6, 6.07) is 1.67.